The zero-order valence-corrected chi connectivity index (χ0v) is 10.9. The molecule has 1 aliphatic heterocycles. The van der Waals surface area contributed by atoms with Crippen LogP contribution in [-0.2, 0) is 4.79 Å². The van der Waals surface area contributed by atoms with Crippen molar-refractivity contribution in [1.29, 1.82) is 0 Å². The number of likely N-dealkylation sites (tertiary alicyclic amines) is 1. The fraction of sp³-hybridized carbons (Fsp3) is 0.545. The number of aromatic nitrogens is 1. The highest BCUT2D eigenvalue weighted by molar-refractivity contribution is 7.15. The van der Waals surface area contributed by atoms with E-state index in [9.17, 15) is 9.59 Å². The van der Waals surface area contributed by atoms with Crippen LogP contribution in [0.2, 0.25) is 0 Å². The molecule has 0 aromatic carbocycles. The lowest BCUT2D eigenvalue weighted by molar-refractivity contribution is -0.143. The van der Waals surface area contributed by atoms with Gasteiger partial charge in [0.1, 0.15) is 0 Å². The Hall–Kier alpha value is -1.63. The van der Waals surface area contributed by atoms with Crippen LogP contribution in [0.5, 0.6) is 0 Å². The molecule has 0 atom stereocenters. The largest absolute Gasteiger partial charge is 0.481 e. The van der Waals surface area contributed by atoms with Crippen molar-refractivity contribution in [2.75, 3.05) is 18.4 Å². The van der Waals surface area contributed by atoms with E-state index < -0.39 is 5.97 Å². The number of thiazole rings is 1. The van der Waals surface area contributed by atoms with Gasteiger partial charge in [0.2, 0.25) is 0 Å². The number of urea groups is 1. The van der Waals surface area contributed by atoms with Crippen molar-refractivity contribution >= 4 is 28.5 Å². The number of carboxylic acids is 1. The second-order valence-corrected chi connectivity index (χ2v) is 5.54. The lowest BCUT2D eigenvalue weighted by Crippen LogP contribution is -2.42. The van der Waals surface area contributed by atoms with Gasteiger partial charge in [-0.15, -0.1) is 11.3 Å². The summed E-state index contributed by atoms with van der Waals surface area (Å²) in [5, 5.41) is 12.2. The number of nitrogens with one attached hydrogen (secondary N) is 1. The molecule has 1 aromatic rings. The van der Waals surface area contributed by atoms with Crippen LogP contribution in [0.1, 0.15) is 17.7 Å². The lowest BCUT2D eigenvalue weighted by atomic mass is 9.97. The highest BCUT2D eigenvalue weighted by Crippen LogP contribution is 2.20. The molecule has 1 saturated heterocycles. The van der Waals surface area contributed by atoms with Crippen molar-refractivity contribution in [2.45, 2.75) is 19.8 Å². The Bertz CT molecular complexity index is 452. The summed E-state index contributed by atoms with van der Waals surface area (Å²) < 4.78 is 0. The van der Waals surface area contributed by atoms with E-state index in [-0.39, 0.29) is 11.9 Å². The first kappa shape index (κ1) is 12.8. The third kappa shape index (κ3) is 2.98. The highest BCUT2D eigenvalue weighted by Gasteiger charge is 2.27. The third-order valence-electron chi connectivity index (χ3n) is 2.97. The summed E-state index contributed by atoms with van der Waals surface area (Å²) in [5.74, 6) is -1.10. The maximum absolute atomic E-state index is 11.9. The minimum absolute atomic E-state index is 0.201. The smallest absolute Gasteiger partial charge is 0.323 e. The third-order valence-corrected chi connectivity index (χ3v) is 3.79. The Morgan fingerprint density at radius 3 is 2.67 bits per heavy atom. The van der Waals surface area contributed by atoms with Crippen LogP contribution in [0, 0.1) is 12.8 Å². The summed E-state index contributed by atoms with van der Waals surface area (Å²) in [6.07, 6.45) is 2.73. The molecule has 0 aliphatic carbocycles. The van der Waals surface area contributed by atoms with Gasteiger partial charge in [0.15, 0.2) is 5.13 Å². The summed E-state index contributed by atoms with van der Waals surface area (Å²) in [6.45, 7) is 2.88. The summed E-state index contributed by atoms with van der Waals surface area (Å²) in [4.78, 5) is 29.4. The van der Waals surface area contributed by atoms with Crippen molar-refractivity contribution in [1.82, 2.24) is 9.88 Å². The van der Waals surface area contributed by atoms with Gasteiger partial charge >= 0.3 is 12.0 Å². The second kappa shape index (κ2) is 5.34. The van der Waals surface area contributed by atoms with E-state index in [2.05, 4.69) is 10.3 Å². The summed E-state index contributed by atoms with van der Waals surface area (Å²) in [7, 11) is 0. The molecule has 7 heteroatoms. The molecule has 0 spiro atoms. The zero-order valence-electron chi connectivity index (χ0n) is 10.0. The highest BCUT2D eigenvalue weighted by atomic mass is 32.1. The van der Waals surface area contributed by atoms with E-state index in [1.165, 1.54) is 11.3 Å². The fourth-order valence-electron chi connectivity index (χ4n) is 1.91. The maximum atomic E-state index is 11.9. The fourth-order valence-corrected chi connectivity index (χ4v) is 2.57. The number of aryl methyl sites for hydroxylation is 1. The number of carboxylic acid groups (broad SMARTS) is 1. The molecule has 0 radical (unpaired) electrons. The summed E-state index contributed by atoms with van der Waals surface area (Å²) in [5.41, 5.74) is 0. The molecule has 0 bridgehead atoms. The average Bonchev–Trinajstić information content (AvgIpc) is 2.75. The Labute approximate surface area is 109 Å². The number of rotatable bonds is 2. The van der Waals surface area contributed by atoms with Crippen LogP contribution < -0.4 is 5.32 Å². The maximum Gasteiger partial charge on any atom is 0.323 e. The molecule has 2 rings (SSSR count). The number of nitrogens with zero attached hydrogens (tertiary/aromatic N) is 2. The van der Waals surface area contributed by atoms with Gasteiger partial charge in [-0.3, -0.25) is 10.1 Å². The van der Waals surface area contributed by atoms with E-state index in [1.54, 1.807) is 11.1 Å². The van der Waals surface area contributed by atoms with Gasteiger partial charge in [-0.2, -0.15) is 0 Å². The van der Waals surface area contributed by atoms with E-state index in [0.717, 1.165) is 4.88 Å². The molecule has 6 nitrogen and oxygen atoms in total. The molecule has 98 valence electrons. The normalized spacial score (nSPS) is 16.6. The number of anilines is 1. The van der Waals surface area contributed by atoms with Crippen LogP contribution in [-0.4, -0.2) is 40.1 Å². The van der Waals surface area contributed by atoms with Crippen molar-refractivity contribution in [3.05, 3.63) is 11.1 Å². The van der Waals surface area contributed by atoms with Crippen LogP contribution in [0.3, 0.4) is 0 Å². The van der Waals surface area contributed by atoms with E-state index in [4.69, 9.17) is 5.11 Å². The van der Waals surface area contributed by atoms with Crippen molar-refractivity contribution in [2.24, 2.45) is 5.92 Å². The summed E-state index contributed by atoms with van der Waals surface area (Å²) in [6, 6.07) is -0.201. The van der Waals surface area contributed by atoms with E-state index in [0.29, 0.717) is 31.1 Å². The van der Waals surface area contributed by atoms with Gasteiger partial charge in [0, 0.05) is 24.2 Å². The van der Waals surface area contributed by atoms with Crippen LogP contribution in [0.4, 0.5) is 9.93 Å². The molecule has 2 heterocycles. The molecular formula is C11H15N3O3S. The van der Waals surface area contributed by atoms with Gasteiger partial charge in [-0.05, 0) is 19.8 Å². The minimum atomic E-state index is -0.773. The zero-order chi connectivity index (χ0) is 13.1. The van der Waals surface area contributed by atoms with Crippen LogP contribution in [0.25, 0.3) is 0 Å². The quantitative estimate of drug-likeness (QED) is 0.857. The first-order chi connectivity index (χ1) is 8.56. The number of carbonyl (C=O) groups excluding carboxylic acids is 1. The van der Waals surface area contributed by atoms with Gasteiger partial charge in [-0.1, -0.05) is 0 Å². The SMILES string of the molecule is Cc1cnc(NC(=O)N2CCC(C(=O)O)CC2)s1. The molecule has 18 heavy (non-hydrogen) atoms. The Morgan fingerprint density at radius 2 is 2.17 bits per heavy atom. The first-order valence-corrected chi connectivity index (χ1v) is 6.59. The lowest BCUT2D eigenvalue weighted by Gasteiger charge is -2.29. The number of hydrogen-bond acceptors (Lipinski definition) is 4. The average molecular weight is 269 g/mol. The molecule has 0 saturated carbocycles. The molecule has 2 N–H and O–H groups in total. The van der Waals surface area contributed by atoms with Crippen molar-refractivity contribution < 1.29 is 14.7 Å². The number of piperidine rings is 1. The summed E-state index contributed by atoms with van der Waals surface area (Å²) >= 11 is 1.42. The molecule has 1 fully saturated rings. The Balaban J connectivity index is 1.86. The Kier molecular flexibility index (Phi) is 3.81. The Morgan fingerprint density at radius 1 is 1.50 bits per heavy atom. The molecule has 2 amide bonds. The molecule has 1 aliphatic rings. The topological polar surface area (TPSA) is 82.5 Å². The van der Waals surface area contributed by atoms with Crippen molar-refractivity contribution in [3.63, 3.8) is 0 Å². The second-order valence-electron chi connectivity index (χ2n) is 4.31. The van der Waals surface area contributed by atoms with E-state index >= 15 is 0 Å². The first-order valence-electron chi connectivity index (χ1n) is 5.77. The molecular weight excluding hydrogens is 254 g/mol. The number of hydrogen-bond donors (Lipinski definition) is 2. The predicted molar refractivity (Wildman–Crippen MR) is 67.8 cm³/mol. The van der Waals surface area contributed by atoms with Gasteiger partial charge in [0.05, 0.1) is 5.92 Å². The molecule has 0 unspecified atom stereocenters. The van der Waals surface area contributed by atoms with E-state index in [1.807, 2.05) is 6.92 Å². The van der Waals surface area contributed by atoms with Crippen molar-refractivity contribution in [3.8, 4) is 0 Å². The number of carbonyl (C=O) groups is 2. The van der Waals surface area contributed by atoms with Gasteiger partial charge < -0.3 is 10.0 Å². The van der Waals surface area contributed by atoms with Crippen LogP contribution in [0.15, 0.2) is 6.20 Å². The monoisotopic (exact) mass is 269 g/mol. The number of amides is 2. The van der Waals surface area contributed by atoms with Gasteiger partial charge in [0.25, 0.3) is 0 Å². The molecule has 1 aromatic heterocycles. The predicted octanol–water partition coefficient (Wildman–Crippen LogP) is 1.78. The minimum Gasteiger partial charge on any atom is -0.481 e. The van der Waals surface area contributed by atoms with Crippen LogP contribution >= 0.6 is 11.3 Å². The van der Waals surface area contributed by atoms with Gasteiger partial charge in [-0.25, -0.2) is 9.78 Å². The number of aliphatic carboxylic acids is 1. The standard InChI is InChI=1S/C11H15N3O3S/c1-7-6-12-10(18-7)13-11(17)14-4-2-8(3-5-14)9(15)16/h6,8H,2-5H2,1H3,(H,15,16)(H,12,13,17).